The molecular weight excluding hydrogens is 556 g/mol. The summed E-state index contributed by atoms with van der Waals surface area (Å²) in [6, 6.07) is 8.73. The minimum absolute atomic E-state index is 0.156. The van der Waals surface area contributed by atoms with Crippen LogP contribution in [0.3, 0.4) is 0 Å². The van der Waals surface area contributed by atoms with Crippen molar-refractivity contribution in [3.05, 3.63) is 95.0 Å². The lowest BCUT2D eigenvalue weighted by Crippen LogP contribution is -2.36. The molecule has 1 aromatic carbocycles. The molecule has 0 bridgehead atoms. The van der Waals surface area contributed by atoms with Crippen LogP contribution in [0.15, 0.2) is 78.5 Å². The molecule has 2 unspecified atom stereocenters. The summed E-state index contributed by atoms with van der Waals surface area (Å²) in [5.41, 5.74) is 3.08. The summed E-state index contributed by atoms with van der Waals surface area (Å²) in [7, 11) is 0. The molecule has 3 aliphatic heterocycles. The van der Waals surface area contributed by atoms with Gasteiger partial charge in [0, 0.05) is 31.5 Å². The molecule has 0 saturated carbocycles. The first-order valence-corrected chi connectivity index (χ1v) is 14.7. The third kappa shape index (κ3) is 6.86. The Morgan fingerprint density at radius 2 is 2.00 bits per heavy atom. The molecule has 9 nitrogen and oxygen atoms in total. The van der Waals surface area contributed by atoms with Crippen LogP contribution in [-0.4, -0.2) is 62.6 Å². The fourth-order valence-electron chi connectivity index (χ4n) is 5.54. The number of carbonyl (C=O) groups is 1. The van der Waals surface area contributed by atoms with Gasteiger partial charge in [-0.15, -0.1) is 0 Å². The number of hydrogen-bond donors (Lipinski definition) is 1. The van der Waals surface area contributed by atoms with Gasteiger partial charge in [-0.2, -0.15) is 0 Å². The van der Waals surface area contributed by atoms with Gasteiger partial charge >= 0.3 is 5.97 Å². The molecule has 6 rings (SSSR count). The normalized spacial score (nSPS) is 23.0. The van der Waals surface area contributed by atoms with Crippen LogP contribution in [-0.2, 0) is 27.3 Å². The van der Waals surface area contributed by atoms with Crippen molar-refractivity contribution in [3.63, 3.8) is 0 Å². The number of rotatable bonds is 7. The number of aromatic nitrogens is 3. The van der Waals surface area contributed by atoms with E-state index in [9.17, 15) is 9.90 Å². The zero-order valence-corrected chi connectivity index (χ0v) is 24.8. The Kier molecular flexibility index (Phi) is 9.62. The minimum atomic E-state index is -0.928. The van der Waals surface area contributed by atoms with Crippen molar-refractivity contribution < 1.29 is 24.1 Å². The Hall–Kier alpha value is -3.66. The molecule has 2 atom stereocenters. The zero-order chi connectivity index (χ0) is 29.6. The van der Waals surface area contributed by atoms with Crippen molar-refractivity contribution in [2.45, 2.75) is 58.6 Å². The Morgan fingerprint density at radius 3 is 2.57 bits per heavy atom. The Labute approximate surface area is 251 Å². The average molecular weight is 593 g/mol. The smallest absolute Gasteiger partial charge is 0.335 e. The number of hydrogen-bond acceptors (Lipinski definition) is 7. The highest BCUT2D eigenvalue weighted by atomic mass is 35.5. The molecule has 0 spiro atoms. The fraction of sp³-hybridized carbons (Fsp3) is 0.406. The van der Waals surface area contributed by atoms with Crippen molar-refractivity contribution in [1.29, 1.82) is 0 Å². The van der Waals surface area contributed by atoms with E-state index in [4.69, 9.17) is 30.8 Å². The molecule has 0 aliphatic carbocycles. The second kappa shape index (κ2) is 13.5. The molecule has 3 fully saturated rings. The largest absolute Gasteiger partial charge is 0.478 e. The van der Waals surface area contributed by atoms with Gasteiger partial charge in [0.15, 0.2) is 11.5 Å². The molecule has 10 heteroatoms. The van der Waals surface area contributed by atoms with Gasteiger partial charge in [0.2, 0.25) is 6.29 Å². The topological polar surface area (TPSA) is 98.9 Å². The summed E-state index contributed by atoms with van der Waals surface area (Å²) in [5, 5.41) is 10.1. The molecule has 0 amide bonds. The average Bonchev–Trinajstić information content (AvgIpc) is 3.51. The molecule has 1 N–H and O–H groups in total. The van der Waals surface area contributed by atoms with Gasteiger partial charge in [-0.1, -0.05) is 24.3 Å². The summed E-state index contributed by atoms with van der Waals surface area (Å²) in [6.07, 6.45) is 10.0. The van der Waals surface area contributed by atoms with Crippen molar-refractivity contribution in [1.82, 2.24) is 19.4 Å². The van der Waals surface area contributed by atoms with Crippen LogP contribution in [0.2, 0.25) is 5.02 Å². The van der Waals surface area contributed by atoms with Gasteiger partial charge < -0.3 is 23.9 Å². The van der Waals surface area contributed by atoms with Crippen molar-refractivity contribution in [2.24, 2.45) is 5.92 Å². The standard InChI is InChI=1S/C27H33N3O5.C5H4ClN/c1-4-21(26-24(5-2)34-17(3)35-26)18-8-11-29(12-9-18)16-25-28-22-7-6-19(27(31)32)14-23(22)30(25)15-20-10-13-33-20;6-5-2-1-3-7-4-5/h4-7,14,17-18,20H,1,8-13,15-16H2,2-3H3,(H,31,32);1-4H/b24-5+,26-21-;. The summed E-state index contributed by atoms with van der Waals surface area (Å²) >= 11 is 5.48. The maximum atomic E-state index is 11.5. The quantitative estimate of drug-likeness (QED) is 0.346. The van der Waals surface area contributed by atoms with E-state index in [1.807, 2.05) is 26.0 Å². The molecule has 222 valence electrons. The van der Waals surface area contributed by atoms with Crippen LogP contribution < -0.4 is 0 Å². The fourth-order valence-corrected chi connectivity index (χ4v) is 5.67. The van der Waals surface area contributed by atoms with Gasteiger partial charge in [-0.25, -0.2) is 9.78 Å². The van der Waals surface area contributed by atoms with Gasteiger partial charge in [0.05, 0.1) is 40.8 Å². The van der Waals surface area contributed by atoms with Crippen LogP contribution in [0.4, 0.5) is 0 Å². The first-order chi connectivity index (χ1) is 20.4. The van der Waals surface area contributed by atoms with Crippen LogP contribution in [0.1, 0.15) is 49.3 Å². The summed E-state index contributed by atoms with van der Waals surface area (Å²) in [6.45, 7) is 12.0. The molecule has 2 aromatic heterocycles. The number of allylic oxidation sites excluding steroid dienone is 3. The number of piperidine rings is 1. The predicted octanol–water partition coefficient (Wildman–Crippen LogP) is 6.21. The highest BCUT2D eigenvalue weighted by molar-refractivity contribution is 6.30. The van der Waals surface area contributed by atoms with E-state index in [-0.39, 0.29) is 18.0 Å². The zero-order valence-electron chi connectivity index (χ0n) is 24.0. The molecule has 3 aliphatic rings. The first-order valence-electron chi connectivity index (χ1n) is 14.3. The number of nitrogens with zero attached hydrogens (tertiary/aromatic N) is 4. The third-order valence-electron chi connectivity index (χ3n) is 7.82. The number of pyridine rings is 1. The molecule has 42 heavy (non-hydrogen) atoms. The minimum Gasteiger partial charge on any atom is -0.478 e. The first kappa shape index (κ1) is 29.8. The second-order valence-electron chi connectivity index (χ2n) is 10.6. The number of likely N-dealkylation sites (tertiary alicyclic amines) is 1. The van der Waals surface area contributed by atoms with E-state index in [1.165, 1.54) is 0 Å². The lowest BCUT2D eigenvalue weighted by atomic mass is 9.88. The molecule has 3 saturated heterocycles. The van der Waals surface area contributed by atoms with Crippen LogP contribution >= 0.6 is 11.6 Å². The lowest BCUT2D eigenvalue weighted by molar-refractivity contribution is -0.0592. The number of ether oxygens (including phenoxy) is 3. The monoisotopic (exact) mass is 592 g/mol. The summed E-state index contributed by atoms with van der Waals surface area (Å²) in [4.78, 5) is 22.6. The van der Waals surface area contributed by atoms with Crippen molar-refractivity contribution >= 4 is 28.6 Å². The van der Waals surface area contributed by atoms with Gasteiger partial charge in [-0.3, -0.25) is 9.88 Å². The van der Waals surface area contributed by atoms with Crippen LogP contribution in [0, 0.1) is 5.92 Å². The Bertz CT molecular complexity index is 1470. The van der Waals surface area contributed by atoms with Crippen molar-refractivity contribution in [2.75, 3.05) is 19.7 Å². The van der Waals surface area contributed by atoms with Gasteiger partial charge in [-0.05, 0) is 81.6 Å². The van der Waals surface area contributed by atoms with E-state index in [1.54, 1.807) is 42.7 Å². The van der Waals surface area contributed by atoms with E-state index in [2.05, 4.69) is 21.0 Å². The van der Waals surface area contributed by atoms with E-state index < -0.39 is 5.97 Å². The molecule has 3 aromatic rings. The van der Waals surface area contributed by atoms with Gasteiger partial charge in [0.1, 0.15) is 5.82 Å². The van der Waals surface area contributed by atoms with E-state index >= 15 is 0 Å². The summed E-state index contributed by atoms with van der Waals surface area (Å²) in [5.74, 6) is 2.01. The molecular formula is C32H37ClN4O5. The number of carboxylic acid groups (broad SMARTS) is 1. The predicted molar refractivity (Wildman–Crippen MR) is 161 cm³/mol. The third-order valence-corrected chi connectivity index (χ3v) is 8.04. The number of benzene rings is 1. The number of aromatic carboxylic acids is 1. The summed E-state index contributed by atoms with van der Waals surface area (Å²) < 4.78 is 19.6. The highest BCUT2D eigenvalue weighted by Crippen LogP contribution is 2.36. The van der Waals surface area contributed by atoms with Crippen LogP contribution in [0.5, 0.6) is 0 Å². The Morgan fingerprint density at radius 1 is 1.21 bits per heavy atom. The maximum absolute atomic E-state index is 11.5. The van der Waals surface area contributed by atoms with E-state index in [0.717, 1.165) is 72.9 Å². The second-order valence-corrected chi connectivity index (χ2v) is 11.0. The van der Waals surface area contributed by atoms with Crippen molar-refractivity contribution in [3.8, 4) is 0 Å². The number of halogens is 1. The van der Waals surface area contributed by atoms with E-state index in [0.29, 0.717) is 24.0 Å². The number of carboxylic acids is 1. The lowest BCUT2D eigenvalue weighted by Gasteiger charge is -2.33. The SMILES string of the molecule is C=C/C(=C1/OC(C)O/C1=C/C)C1CCN(Cc2nc3ccc(C(=O)O)cc3n2CC2CCO2)CC1.Clc1cccnc1. The Balaban J connectivity index is 0.000000442. The highest BCUT2D eigenvalue weighted by Gasteiger charge is 2.31. The van der Waals surface area contributed by atoms with Gasteiger partial charge in [0.25, 0.3) is 0 Å². The van der Waals surface area contributed by atoms with Crippen LogP contribution in [0.25, 0.3) is 11.0 Å². The molecule has 5 heterocycles. The number of fused-ring (bicyclic) bond motifs is 1. The molecule has 0 radical (unpaired) electrons. The maximum Gasteiger partial charge on any atom is 0.335 e. The number of imidazole rings is 1.